The number of aryl methyl sites for hydroxylation is 2. The summed E-state index contributed by atoms with van der Waals surface area (Å²) in [6, 6.07) is -0.0641. The molecule has 1 fully saturated rings. The molecule has 0 unspecified atom stereocenters. The highest BCUT2D eigenvalue weighted by atomic mass is 32.1. The molecule has 0 atom stereocenters. The highest BCUT2D eigenvalue weighted by Gasteiger charge is 2.30. The highest BCUT2D eigenvalue weighted by molar-refractivity contribution is 7.18. The lowest BCUT2D eigenvalue weighted by molar-refractivity contribution is 0.0497. The van der Waals surface area contributed by atoms with Crippen LogP contribution < -0.4 is 22.1 Å². The van der Waals surface area contributed by atoms with E-state index in [2.05, 4.69) is 10.9 Å². The lowest BCUT2D eigenvalue weighted by Gasteiger charge is -2.19. The number of hydrogen-bond acceptors (Lipinski definition) is 6. The van der Waals surface area contributed by atoms with Crippen molar-refractivity contribution >= 4 is 27.6 Å². The number of fused-ring (bicyclic) bond motifs is 1. The Morgan fingerprint density at radius 3 is 2.59 bits per heavy atom. The van der Waals surface area contributed by atoms with Crippen LogP contribution in [-0.4, -0.2) is 27.5 Å². The van der Waals surface area contributed by atoms with Crippen LogP contribution in [0, 0.1) is 6.92 Å². The number of nitrogens with one attached hydrogen (secondary N) is 2. The molecule has 3 rings (SSSR count). The zero-order chi connectivity index (χ0) is 21.3. The van der Waals surface area contributed by atoms with Gasteiger partial charge in [-0.2, -0.15) is 0 Å². The van der Waals surface area contributed by atoms with E-state index in [-0.39, 0.29) is 36.8 Å². The Labute approximate surface area is 171 Å². The summed E-state index contributed by atoms with van der Waals surface area (Å²) in [6.07, 6.45) is 1.22. The van der Waals surface area contributed by atoms with Crippen molar-refractivity contribution in [1.82, 2.24) is 20.0 Å². The molecule has 1 aliphatic carbocycles. The molecular weight excluding hydrogens is 399 g/mol. The standard InChI is InChI=1S/C19H27FN4O4S/c1-11-13(10-21-22-17(26)28-19(2,3)4)29-16-14(11)15(25)24(12-6-7-12)18(27)23(16)9-5-8-20/h12,21H,5-10H2,1-4H3,(H,22,26). The van der Waals surface area contributed by atoms with Crippen LogP contribution >= 0.6 is 11.3 Å². The summed E-state index contributed by atoms with van der Waals surface area (Å²) >= 11 is 1.31. The first-order valence-corrected chi connectivity index (χ1v) is 10.5. The van der Waals surface area contributed by atoms with Crippen LogP contribution in [0.1, 0.15) is 56.5 Å². The molecule has 29 heavy (non-hydrogen) atoms. The molecule has 1 amide bonds. The lowest BCUT2D eigenvalue weighted by atomic mass is 10.2. The molecule has 10 heteroatoms. The summed E-state index contributed by atoms with van der Waals surface area (Å²) in [5.74, 6) is 0. The maximum atomic E-state index is 13.0. The van der Waals surface area contributed by atoms with Crippen LogP contribution in [0.5, 0.6) is 0 Å². The smallest absolute Gasteiger partial charge is 0.422 e. The van der Waals surface area contributed by atoms with Gasteiger partial charge in [0.2, 0.25) is 0 Å². The average Bonchev–Trinajstić information content (AvgIpc) is 3.38. The Balaban J connectivity index is 1.91. The van der Waals surface area contributed by atoms with E-state index in [1.807, 2.05) is 6.92 Å². The van der Waals surface area contributed by atoms with Crippen molar-refractivity contribution < 1.29 is 13.9 Å². The highest BCUT2D eigenvalue weighted by Crippen LogP contribution is 2.34. The van der Waals surface area contributed by atoms with Crippen LogP contribution in [0.4, 0.5) is 9.18 Å². The Hall–Kier alpha value is -2.20. The fourth-order valence-corrected chi connectivity index (χ4v) is 4.40. The third kappa shape index (κ3) is 4.69. The molecular formula is C19H27FN4O4S. The SMILES string of the molecule is Cc1c(CNNC(=O)OC(C)(C)C)sc2c1c(=O)n(C1CC1)c(=O)n2CCCF. The van der Waals surface area contributed by atoms with Gasteiger partial charge in [0.1, 0.15) is 10.4 Å². The predicted octanol–water partition coefficient (Wildman–Crippen LogP) is 2.76. The van der Waals surface area contributed by atoms with Crippen LogP contribution in [0.2, 0.25) is 0 Å². The van der Waals surface area contributed by atoms with Gasteiger partial charge in [-0.15, -0.1) is 11.3 Å². The fraction of sp³-hybridized carbons (Fsp3) is 0.632. The Morgan fingerprint density at radius 1 is 1.31 bits per heavy atom. The van der Waals surface area contributed by atoms with E-state index < -0.39 is 18.4 Å². The molecule has 160 valence electrons. The van der Waals surface area contributed by atoms with E-state index in [1.165, 1.54) is 20.5 Å². The van der Waals surface area contributed by atoms with Gasteiger partial charge in [-0.05, 0) is 52.5 Å². The normalized spacial score (nSPS) is 14.4. The second-order valence-electron chi connectivity index (χ2n) is 8.19. The van der Waals surface area contributed by atoms with Gasteiger partial charge in [-0.25, -0.2) is 15.0 Å². The largest absolute Gasteiger partial charge is 0.443 e. The van der Waals surface area contributed by atoms with Gasteiger partial charge in [0.05, 0.1) is 12.1 Å². The van der Waals surface area contributed by atoms with E-state index in [1.54, 1.807) is 20.8 Å². The topological polar surface area (TPSA) is 94.4 Å². The van der Waals surface area contributed by atoms with E-state index in [0.29, 0.717) is 10.2 Å². The van der Waals surface area contributed by atoms with E-state index in [4.69, 9.17) is 4.74 Å². The van der Waals surface area contributed by atoms with Crippen molar-refractivity contribution in [1.29, 1.82) is 0 Å². The lowest BCUT2D eigenvalue weighted by Crippen LogP contribution is -2.40. The van der Waals surface area contributed by atoms with Crippen molar-refractivity contribution in [2.75, 3.05) is 6.67 Å². The molecule has 0 aromatic carbocycles. The monoisotopic (exact) mass is 426 g/mol. The van der Waals surface area contributed by atoms with Crippen molar-refractivity contribution in [2.45, 2.75) is 71.7 Å². The van der Waals surface area contributed by atoms with Gasteiger partial charge in [0.25, 0.3) is 5.56 Å². The second-order valence-corrected chi connectivity index (χ2v) is 9.28. The van der Waals surface area contributed by atoms with Crippen molar-refractivity contribution in [3.05, 3.63) is 31.3 Å². The Bertz CT molecular complexity index is 1030. The zero-order valence-corrected chi connectivity index (χ0v) is 18.0. The molecule has 1 saturated carbocycles. The summed E-state index contributed by atoms with van der Waals surface area (Å²) in [7, 11) is 0. The minimum Gasteiger partial charge on any atom is -0.443 e. The van der Waals surface area contributed by atoms with Crippen LogP contribution in [-0.2, 0) is 17.8 Å². The number of aromatic nitrogens is 2. The third-order valence-electron chi connectivity index (χ3n) is 4.61. The number of ether oxygens (including phenoxy) is 1. The molecule has 0 radical (unpaired) electrons. The Morgan fingerprint density at radius 2 is 2.00 bits per heavy atom. The van der Waals surface area contributed by atoms with Gasteiger partial charge >= 0.3 is 11.8 Å². The molecule has 1 aliphatic rings. The fourth-order valence-electron chi connectivity index (χ4n) is 3.15. The quantitative estimate of drug-likeness (QED) is 0.664. The average molecular weight is 427 g/mol. The first kappa shape index (κ1) is 21.5. The van der Waals surface area contributed by atoms with Crippen LogP contribution in [0.15, 0.2) is 9.59 Å². The number of rotatable bonds is 7. The molecule has 2 aromatic heterocycles. The number of thiophene rings is 1. The summed E-state index contributed by atoms with van der Waals surface area (Å²) in [5.41, 5.74) is 4.76. The van der Waals surface area contributed by atoms with Gasteiger partial charge in [0.15, 0.2) is 0 Å². The van der Waals surface area contributed by atoms with E-state index in [9.17, 15) is 18.8 Å². The second kappa shape index (κ2) is 8.27. The first-order chi connectivity index (χ1) is 13.6. The van der Waals surface area contributed by atoms with Crippen LogP contribution in [0.3, 0.4) is 0 Å². The number of nitrogens with zero attached hydrogens (tertiary/aromatic N) is 2. The number of carbonyl (C=O) groups is 1. The molecule has 2 aromatic rings. The number of alkyl halides is 1. The molecule has 0 spiro atoms. The molecule has 0 bridgehead atoms. The predicted molar refractivity (Wildman–Crippen MR) is 110 cm³/mol. The number of amides is 1. The van der Waals surface area contributed by atoms with Crippen molar-refractivity contribution in [2.24, 2.45) is 0 Å². The summed E-state index contributed by atoms with van der Waals surface area (Å²) in [6.45, 7) is 7.09. The molecule has 2 heterocycles. The van der Waals surface area contributed by atoms with Gasteiger partial charge < -0.3 is 4.74 Å². The molecule has 2 N–H and O–H groups in total. The molecule has 0 saturated heterocycles. The number of carbonyl (C=O) groups excluding carboxylic acids is 1. The molecule has 8 nitrogen and oxygen atoms in total. The number of halogens is 1. The van der Waals surface area contributed by atoms with E-state index in [0.717, 1.165) is 23.3 Å². The van der Waals surface area contributed by atoms with Gasteiger partial charge in [-0.1, -0.05) is 0 Å². The summed E-state index contributed by atoms with van der Waals surface area (Å²) in [5, 5.41) is 0.495. The minimum atomic E-state index is -0.611. The number of hydrogen-bond donors (Lipinski definition) is 2. The number of hydrazine groups is 1. The maximum absolute atomic E-state index is 13.0. The summed E-state index contributed by atoms with van der Waals surface area (Å²) in [4.78, 5) is 39.0. The first-order valence-electron chi connectivity index (χ1n) is 9.69. The van der Waals surface area contributed by atoms with Crippen molar-refractivity contribution in [3.63, 3.8) is 0 Å². The summed E-state index contributed by atoms with van der Waals surface area (Å²) < 4.78 is 20.8. The minimum absolute atomic E-state index is 0.0641. The van der Waals surface area contributed by atoms with Gasteiger partial charge in [0, 0.05) is 24.0 Å². The zero-order valence-electron chi connectivity index (χ0n) is 17.1. The maximum Gasteiger partial charge on any atom is 0.422 e. The molecule has 0 aliphatic heterocycles. The Kier molecular flexibility index (Phi) is 6.13. The van der Waals surface area contributed by atoms with Crippen molar-refractivity contribution in [3.8, 4) is 0 Å². The van der Waals surface area contributed by atoms with E-state index >= 15 is 0 Å². The van der Waals surface area contributed by atoms with Gasteiger partial charge in [-0.3, -0.25) is 23.7 Å². The van der Waals surface area contributed by atoms with Crippen LogP contribution in [0.25, 0.3) is 10.2 Å². The third-order valence-corrected chi connectivity index (χ3v) is 5.92.